The Kier molecular flexibility index (Phi) is 20.8. The van der Waals surface area contributed by atoms with Crippen LogP contribution in [0.3, 0.4) is 0 Å². The van der Waals surface area contributed by atoms with Gasteiger partial charge in [0.25, 0.3) is 0 Å². The van der Waals surface area contributed by atoms with E-state index in [4.69, 9.17) is 66.3 Å². The number of ether oxygens (including phenoxy) is 14. The highest BCUT2D eigenvalue weighted by atomic mass is 16.8. The third-order valence-corrected chi connectivity index (χ3v) is 13.5. The van der Waals surface area contributed by atoms with Gasteiger partial charge in [0.05, 0.1) is 46.2 Å². The molecule has 0 radical (unpaired) electrons. The fourth-order valence-corrected chi connectivity index (χ4v) is 9.13. The van der Waals surface area contributed by atoms with E-state index in [0.29, 0.717) is 0 Å². The first-order valence-corrected chi connectivity index (χ1v) is 23.2. The lowest BCUT2D eigenvalue weighted by Gasteiger charge is -2.49. The van der Waals surface area contributed by atoms with E-state index in [1.165, 1.54) is 0 Å². The summed E-state index contributed by atoms with van der Waals surface area (Å²) in [5, 5.41) is 202. The van der Waals surface area contributed by atoms with E-state index < -0.39 is 243 Å². The predicted octanol–water partition coefficient (Wildman–Crippen LogP) is -13.7. The number of hydrogen-bond acceptors (Lipinski definition) is 33. The first kappa shape index (κ1) is 59.3. The lowest BCUT2D eigenvalue weighted by Crippen LogP contribution is -2.68. The van der Waals surface area contributed by atoms with Gasteiger partial charge in [-0.25, -0.2) is 0 Å². The van der Waals surface area contributed by atoms with Gasteiger partial charge >= 0.3 is 0 Å². The van der Waals surface area contributed by atoms with E-state index in [1.54, 1.807) is 0 Å². The van der Waals surface area contributed by atoms with Crippen LogP contribution in [-0.4, -0.2) is 347 Å². The minimum atomic E-state index is -2.27. The van der Waals surface area contributed by atoms with Gasteiger partial charge in [0, 0.05) is 7.11 Å². The van der Waals surface area contributed by atoms with Crippen molar-refractivity contribution >= 4 is 0 Å². The lowest BCUT2D eigenvalue weighted by molar-refractivity contribution is -0.394. The average Bonchev–Trinajstić information content (AvgIpc) is 3.37. The largest absolute Gasteiger partial charge is 0.394 e. The minimum Gasteiger partial charge on any atom is -0.394 e. The van der Waals surface area contributed by atoms with Gasteiger partial charge in [0.15, 0.2) is 44.0 Å². The lowest BCUT2D eigenvalue weighted by atomic mass is 9.95. The summed E-state index contributed by atoms with van der Waals surface area (Å²) in [4.78, 5) is 0. The molecule has 0 amide bonds. The molecule has 0 aliphatic carbocycles. The van der Waals surface area contributed by atoms with Crippen molar-refractivity contribution < 1.29 is 163 Å². The van der Waals surface area contributed by atoms with Crippen LogP contribution in [-0.2, 0) is 66.3 Å². The van der Waals surface area contributed by atoms with Crippen molar-refractivity contribution in [1.29, 1.82) is 0 Å². The molecule has 33 heteroatoms. The van der Waals surface area contributed by atoms with Gasteiger partial charge in [-0.3, -0.25) is 0 Å². The number of rotatable bonds is 17. The predicted molar refractivity (Wildman–Crippen MR) is 219 cm³/mol. The molecule has 0 aromatic heterocycles. The van der Waals surface area contributed by atoms with Crippen molar-refractivity contribution in [2.75, 3.05) is 53.4 Å². The zero-order valence-corrected chi connectivity index (χ0v) is 38.6. The Morgan fingerprint density at radius 1 is 0.329 bits per heavy atom. The van der Waals surface area contributed by atoms with Crippen LogP contribution in [0.2, 0.25) is 0 Å². The maximum Gasteiger partial charge on any atom is 0.187 e. The summed E-state index contributed by atoms with van der Waals surface area (Å²) in [6.07, 6.45) is -59.0. The van der Waals surface area contributed by atoms with Crippen LogP contribution in [0.25, 0.3) is 0 Å². The molecule has 0 saturated carbocycles. The SMILES string of the molecule is CO[C@H]1C(O)C(O)[C@H](O[C@@H]2C(CO[C@H]3OC[C@@H](O)[C@H](O)C3O)O[C@@H](O[C@H]3C(O)C(O)[C@H](O[C@@H]4C(CO[C@H]5OC[C@@H](O)[C@H](O)C5O)O[C@@H](O)C(O)[C@H]4O)O[C@H]3CO[C@H]3OC[C@@H](O)C(O)C3O)C(O)[C@H]2O)O[C@H]1CO. The molecule has 0 aromatic rings. The third-order valence-electron chi connectivity index (χ3n) is 13.5. The summed E-state index contributed by atoms with van der Waals surface area (Å²) in [5.74, 6) is 0. The molecule has 33 nitrogen and oxygen atoms in total. The van der Waals surface area contributed by atoms with Gasteiger partial charge < -0.3 is 163 Å². The summed E-state index contributed by atoms with van der Waals surface area (Å²) in [7, 11) is 1.16. The quantitative estimate of drug-likeness (QED) is 0.0643. The molecule has 426 valence electrons. The molecule has 7 heterocycles. The normalized spacial score (nSPS) is 53.3. The van der Waals surface area contributed by atoms with Crippen LogP contribution in [0.4, 0.5) is 0 Å². The number of methoxy groups -OCH3 is 1. The highest BCUT2D eigenvalue weighted by Gasteiger charge is 2.56. The monoisotopic (exact) mass is 1080 g/mol. The van der Waals surface area contributed by atoms with E-state index in [0.717, 1.165) is 7.11 Å². The molecule has 7 rings (SSSR count). The Bertz CT molecular complexity index is 1680. The van der Waals surface area contributed by atoms with E-state index in [-0.39, 0.29) is 0 Å². The van der Waals surface area contributed by atoms with Gasteiger partial charge in [0.2, 0.25) is 0 Å². The molecule has 73 heavy (non-hydrogen) atoms. The molecular weight excluding hydrogens is 1010 g/mol. The van der Waals surface area contributed by atoms with Crippen molar-refractivity contribution in [3.63, 3.8) is 0 Å². The highest BCUT2D eigenvalue weighted by Crippen LogP contribution is 2.36. The van der Waals surface area contributed by atoms with Crippen LogP contribution in [0, 0.1) is 0 Å². The summed E-state index contributed by atoms with van der Waals surface area (Å²) in [5.41, 5.74) is 0. The summed E-state index contributed by atoms with van der Waals surface area (Å²) in [6.45, 7) is -4.77. The number of aliphatic hydroxyl groups is 19. The van der Waals surface area contributed by atoms with Gasteiger partial charge in [-0.05, 0) is 0 Å². The van der Waals surface area contributed by atoms with E-state index >= 15 is 0 Å². The smallest absolute Gasteiger partial charge is 0.187 e. The second kappa shape index (κ2) is 25.6. The fourth-order valence-electron chi connectivity index (χ4n) is 9.13. The second-order valence-electron chi connectivity index (χ2n) is 18.6. The minimum absolute atomic E-state index is 0.486. The van der Waals surface area contributed by atoms with Gasteiger partial charge in [-0.1, -0.05) is 0 Å². The van der Waals surface area contributed by atoms with Crippen LogP contribution in [0.5, 0.6) is 0 Å². The Hall–Kier alpha value is -1.32. The van der Waals surface area contributed by atoms with Crippen LogP contribution in [0.15, 0.2) is 0 Å². The molecule has 0 bridgehead atoms. The summed E-state index contributed by atoms with van der Waals surface area (Å²) < 4.78 is 78.5. The second-order valence-corrected chi connectivity index (χ2v) is 18.6. The molecular formula is C40H68O33. The standard InChI is InChI=1S/C40H68O33/c1-60-30-12(2-41)68-38(27(56)20(30)49)72-32-14(7-65-36-25(54)17(46)10(43)4-62-36)70-40(29(58)21(32)50)73-33-15(8-66-37-26(55)18(47)11(44)5-63-37)69-39(28(57)22(33)51)71-31-13(67-34(59)23(52)19(31)48)6-64-35-24(53)16(45)9(42)3-61-35/h9-59H,2-8H2,1H3/t9-,10-,11-,12+,13?,14?,15+,16+,17+,18?,19-,20?,21-,22?,23?,24?,25?,26?,27?,28?,29?,30-,31-,32-,33-,34-,35-,36-,37-,38+,39+,40+/m1/s1. The van der Waals surface area contributed by atoms with Crippen molar-refractivity contribution in [3.8, 4) is 0 Å². The molecule has 7 aliphatic rings. The maximum atomic E-state index is 11.8. The van der Waals surface area contributed by atoms with Crippen LogP contribution in [0.1, 0.15) is 0 Å². The number of hydrogen-bond donors (Lipinski definition) is 19. The number of aliphatic hydroxyl groups excluding tert-OH is 19. The first-order chi connectivity index (χ1) is 34.6. The van der Waals surface area contributed by atoms with E-state index in [2.05, 4.69) is 0 Å². The van der Waals surface area contributed by atoms with Crippen molar-refractivity contribution in [2.45, 2.75) is 197 Å². The van der Waals surface area contributed by atoms with Gasteiger partial charge in [-0.15, -0.1) is 0 Å². The average molecular weight is 1080 g/mol. The molecule has 0 aromatic carbocycles. The fraction of sp³-hybridized carbons (Fsp3) is 1.00. The Morgan fingerprint density at radius 2 is 0.616 bits per heavy atom. The van der Waals surface area contributed by atoms with Gasteiger partial charge in [-0.2, -0.15) is 0 Å². The van der Waals surface area contributed by atoms with E-state index in [9.17, 15) is 97.0 Å². The van der Waals surface area contributed by atoms with Crippen molar-refractivity contribution in [2.24, 2.45) is 0 Å². The first-order valence-electron chi connectivity index (χ1n) is 23.2. The molecule has 19 N–H and O–H groups in total. The van der Waals surface area contributed by atoms with Crippen LogP contribution < -0.4 is 0 Å². The molecule has 7 fully saturated rings. The third kappa shape index (κ3) is 12.9. The van der Waals surface area contributed by atoms with Crippen molar-refractivity contribution in [3.05, 3.63) is 0 Å². The van der Waals surface area contributed by atoms with Crippen LogP contribution >= 0.6 is 0 Å². The zero-order valence-electron chi connectivity index (χ0n) is 38.6. The van der Waals surface area contributed by atoms with Crippen molar-refractivity contribution in [1.82, 2.24) is 0 Å². The molecule has 0 spiro atoms. The Balaban J connectivity index is 1.13. The Labute approximate surface area is 413 Å². The Morgan fingerprint density at radius 3 is 0.945 bits per heavy atom. The molecule has 12 unspecified atom stereocenters. The summed E-state index contributed by atoms with van der Waals surface area (Å²) in [6, 6.07) is 0. The molecule has 7 aliphatic heterocycles. The van der Waals surface area contributed by atoms with E-state index in [1.807, 2.05) is 0 Å². The zero-order chi connectivity index (χ0) is 53.3. The highest BCUT2D eigenvalue weighted by molar-refractivity contribution is 4.99. The van der Waals surface area contributed by atoms with Gasteiger partial charge in [0.1, 0.15) is 153 Å². The molecule has 7 saturated heterocycles. The molecule has 32 atom stereocenters. The topological polar surface area (TPSA) is 514 Å². The maximum absolute atomic E-state index is 11.8. The summed E-state index contributed by atoms with van der Waals surface area (Å²) >= 11 is 0.